The summed E-state index contributed by atoms with van der Waals surface area (Å²) in [6, 6.07) is 16.3. The van der Waals surface area contributed by atoms with E-state index in [4.69, 9.17) is 14.5 Å². The zero-order valence-electron chi connectivity index (χ0n) is 18.0. The SMILES string of the molecule is COc1ccc(-c2cccc3ccc(N4CCN(C(=O)C5CC5)CC4)nc23)c(OC)c1. The quantitative estimate of drug-likeness (QED) is 0.629. The molecule has 1 amide bonds. The number of carbonyl (C=O) groups excluding carboxylic acids is 1. The minimum absolute atomic E-state index is 0.285. The van der Waals surface area contributed by atoms with Crippen LogP contribution in [0.15, 0.2) is 48.5 Å². The second-order valence-electron chi connectivity index (χ2n) is 8.20. The van der Waals surface area contributed by atoms with Crippen molar-refractivity contribution in [2.45, 2.75) is 12.8 Å². The van der Waals surface area contributed by atoms with Crippen LogP contribution in [0.4, 0.5) is 5.82 Å². The Labute approximate surface area is 182 Å². The fourth-order valence-electron chi connectivity index (χ4n) is 4.30. The van der Waals surface area contributed by atoms with Gasteiger partial charge in [-0.2, -0.15) is 0 Å². The summed E-state index contributed by atoms with van der Waals surface area (Å²) in [6.45, 7) is 3.15. The molecule has 2 fully saturated rings. The number of amides is 1. The summed E-state index contributed by atoms with van der Waals surface area (Å²) in [6.07, 6.45) is 2.12. The van der Waals surface area contributed by atoms with Crippen molar-refractivity contribution >= 4 is 22.6 Å². The zero-order valence-corrected chi connectivity index (χ0v) is 18.0. The Morgan fingerprint density at radius 2 is 1.74 bits per heavy atom. The van der Waals surface area contributed by atoms with Crippen molar-refractivity contribution in [3.63, 3.8) is 0 Å². The molecule has 0 bridgehead atoms. The van der Waals surface area contributed by atoms with Gasteiger partial charge in [0.15, 0.2) is 0 Å². The van der Waals surface area contributed by atoms with E-state index in [2.05, 4.69) is 29.2 Å². The minimum Gasteiger partial charge on any atom is -0.497 e. The molecule has 0 radical (unpaired) electrons. The molecule has 0 spiro atoms. The van der Waals surface area contributed by atoms with Gasteiger partial charge < -0.3 is 19.3 Å². The average molecular weight is 418 g/mol. The molecule has 1 aliphatic heterocycles. The molecule has 160 valence electrons. The number of carbonyl (C=O) groups is 1. The maximum Gasteiger partial charge on any atom is 0.225 e. The molecule has 2 aliphatic rings. The first-order valence-electron chi connectivity index (χ1n) is 10.8. The van der Waals surface area contributed by atoms with Crippen LogP contribution in [0.3, 0.4) is 0 Å². The molecule has 6 heteroatoms. The Bertz CT molecular complexity index is 1120. The Kier molecular flexibility index (Phi) is 5.14. The Morgan fingerprint density at radius 3 is 2.45 bits per heavy atom. The van der Waals surface area contributed by atoms with Crippen LogP contribution < -0.4 is 14.4 Å². The van der Waals surface area contributed by atoms with Crippen molar-refractivity contribution in [1.29, 1.82) is 0 Å². The number of para-hydroxylation sites is 1. The molecule has 0 atom stereocenters. The van der Waals surface area contributed by atoms with E-state index < -0.39 is 0 Å². The highest BCUT2D eigenvalue weighted by molar-refractivity contribution is 5.96. The topological polar surface area (TPSA) is 54.9 Å². The summed E-state index contributed by atoms with van der Waals surface area (Å²) in [4.78, 5) is 21.7. The number of piperazine rings is 1. The number of pyridine rings is 1. The van der Waals surface area contributed by atoms with E-state index in [-0.39, 0.29) is 5.92 Å². The van der Waals surface area contributed by atoms with Gasteiger partial charge in [-0.3, -0.25) is 4.79 Å². The van der Waals surface area contributed by atoms with Crippen molar-refractivity contribution in [3.8, 4) is 22.6 Å². The molecular weight excluding hydrogens is 390 g/mol. The lowest BCUT2D eigenvalue weighted by molar-refractivity contribution is -0.132. The van der Waals surface area contributed by atoms with Gasteiger partial charge in [-0.1, -0.05) is 18.2 Å². The van der Waals surface area contributed by atoms with Gasteiger partial charge >= 0.3 is 0 Å². The van der Waals surface area contributed by atoms with Crippen LogP contribution in [0.25, 0.3) is 22.0 Å². The van der Waals surface area contributed by atoms with Crippen LogP contribution in [-0.2, 0) is 4.79 Å². The number of fused-ring (bicyclic) bond motifs is 1. The first-order chi connectivity index (χ1) is 15.2. The van der Waals surface area contributed by atoms with E-state index in [9.17, 15) is 4.79 Å². The fourth-order valence-corrected chi connectivity index (χ4v) is 4.30. The number of benzene rings is 2. The van der Waals surface area contributed by atoms with E-state index in [0.29, 0.717) is 5.91 Å². The molecule has 0 unspecified atom stereocenters. The highest BCUT2D eigenvalue weighted by Gasteiger charge is 2.34. The summed E-state index contributed by atoms with van der Waals surface area (Å²) < 4.78 is 11.0. The molecule has 3 aromatic rings. The van der Waals surface area contributed by atoms with Gasteiger partial charge in [0.1, 0.15) is 17.3 Å². The number of ether oxygens (including phenoxy) is 2. The highest BCUT2D eigenvalue weighted by Crippen LogP contribution is 2.37. The van der Waals surface area contributed by atoms with Crippen LogP contribution in [-0.4, -0.2) is 56.2 Å². The molecule has 2 aromatic carbocycles. The van der Waals surface area contributed by atoms with Gasteiger partial charge in [0, 0.05) is 54.7 Å². The molecule has 1 aliphatic carbocycles. The van der Waals surface area contributed by atoms with Crippen LogP contribution in [0, 0.1) is 5.92 Å². The summed E-state index contributed by atoms with van der Waals surface area (Å²) in [5.41, 5.74) is 2.96. The number of methoxy groups -OCH3 is 2. The largest absolute Gasteiger partial charge is 0.497 e. The first kappa shape index (κ1) is 19.7. The minimum atomic E-state index is 0.285. The maximum absolute atomic E-state index is 12.4. The third-order valence-corrected chi connectivity index (χ3v) is 6.25. The van der Waals surface area contributed by atoms with Crippen LogP contribution in [0.2, 0.25) is 0 Å². The molecule has 2 heterocycles. The summed E-state index contributed by atoms with van der Waals surface area (Å²) >= 11 is 0. The molecule has 1 saturated carbocycles. The van der Waals surface area contributed by atoms with Gasteiger partial charge in [0.05, 0.1) is 19.7 Å². The lowest BCUT2D eigenvalue weighted by atomic mass is 10.0. The fraction of sp³-hybridized carbons (Fsp3) is 0.360. The number of anilines is 1. The molecule has 1 aromatic heterocycles. The van der Waals surface area contributed by atoms with Crippen LogP contribution in [0.1, 0.15) is 12.8 Å². The highest BCUT2D eigenvalue weighted by atomic mass is 16.5. The van der Waals surface area contributed by atoms with Gasteiger partial charge in [0.25, 0.3) is 0 Å². The van der Waals surface area contributed by atoms with E-state index in [1.807, 2.05) is 29.2 Å². The maximum atomic E-state index is 12.4. The summed E-state index contributed by atoms with van der Waals surface area (Å²) in [5, 5.41) is 1.08. The third-order valence-electron chi connectivity index (χ3n) is 6.25. The number of hydrogen-bond donors (Lipinski definition) is 0. The molecule has 1 saturated heterocycles. The first-order valence-corrected chi connectivity index (χ1v) is 10.8. The summed E-state index contributed by atoms with van der Waals surface area (Å²) in [5.74, 6) is 3.08. The van der Waals surface area contributed by atoms with Crippen molar-refractivity contribution in [1.82, 2.24) is 9.88 Å². The number of aromatic nitrogens is 1. The summed E-state index contributed by atoms with van der Waals surface area (Å²) in [7, 11) is 3.32. The second kappa shape index (κ2) is 8.10. The van der Waals surface area contributed by atoms with Crippen LogP contribution >= 0.6 is 0 Å². The smallest absolute Gasteiger partial charge is 0.225 e. The van der Waals surface area contributed by atoms with Crippen LogP contribution in [0.5, 0.6) is 11.5 Å². The Balaban J connectivity index is 1.46. The third kappa shape index (κ3) is 3.78. The van der Waals surface area contributed by atoms with Crippen molar-refractivity contribution in [2.24, 2.45) is 5.92 Å². The number of nitrogens with zero attached hydrogens (tertiary/aromatic N) is 3. The van der Waals surface area contributed by atoms with E-state index in [0.717, 1.165) is 78.4 Å². The average Bonchev–Trinajstić information content (AvgIpc) is 3.68. The van der Waals surface area contributed by atoms with Gasteiger partial charge in [-0.05, 0) is 37.1 Å². The number of hydrogen-bond acceptors (Lipinski definition) is 5. The van der Waals surface area contributed by atoms with Crippen molar-refractivity contribution < 1.29 is 14.3 Å². The van der Waals surface area contributed by atoms with Crippen molar-refractivity contribution in [3.05, 3.63) is 48.5 Å². The normalized spacial score (nSPS) is 16.5. The predicted molar refractivity (Wildman–Crippen MR) is 122 cm³/mol. The molecule has 5 rings (SSSR count). The molecule has 0 N–H and O–H groups in total. The molecule has 6 nitrogen and oxygen atoms in total. The van der Waals surface area contributed by atoms with E-state index in [1.165, 1.54) is 0 Å². The zero-order chi connectivity index (χ0) is 21.4. The van der Waals surface area contributed by atoms with E-state index >= 15 is 0 Å². The van der Waals surface area contributed by atoms with Gasteiger partial charge in [-0.15, -0.1) is 0 Å². The second-order valence-corrected chi connectivity index (χ2v) is 8.20. The van der Waals surface area contributed by atoms with Gasteiger partial charge in [-0.25, -0.2) is 4.98 Å². The lowest BCUT2D eigenvalue weighted by Crippen LogP contribution is -2.49. The predicted octanol–water partition coefficient (Wildman–Crippen LogP) is 3.98. The number of rotatable bonds is 5. The Morgan fingerprint density at radius 1 is 0.935 bits per heavy atom. The Hall–Kier alpha value is -3.28. The van der Waals surface area contributed by atoms with Crippen molar-refractivity contribution in [2.75, 3.05) is 45.3 Å². The lowest BCUT2D eigenvalue weighted by Gasteiger charge is -2.35. The standard InChI is InChI=1S/C25H27N3O3/c1-30-19-9-10-20(22(16-19)31-2)21-5-3-4-17-8-11-23(26-24(17)21)27-12-14-28(15-13-27)25(29)18-6-7-18/h3-5,8-11,16,18H,6-7,12-15H2,1-2H3. The molecule has 31 heavy (non-hydrogen) atoms. The van der Waals surface area contributed by atoms with Gasteiger partial charge in [0.2, 0.25) is 5.91 Å². The monoisotopic (exact) mass is 417 g/mol. The van der Waals surface area contributed by atoms with E-state index in [1.54, 1.807) is 14.2 Å². The molecular formula is C25H27N3O3.